The van der Waals surface area contributed by atoms with Crippen LogP contribution in [0.4, 0.5) is 0 Å². The van der Waals surface area contributed by atoms with Gasteiger partial charge in [0.1, 0.15) is 5.82 Å². The summed E-state index contributed by atoms with van der Waals surface area (Å²) in [7, 11) is 1.80. The van der Waals surface area contributed by atoms with Crippen molar-refractivity contribution >= 4 is 17.7 Å². The third kappa shape index (κ3) is 4.38. The number of aromatic nitrogens is 2. The standard InChI is InChI=1S/C10H17N3OS/c1-8(2)15-7-10(14)13(3)6-9-11-4-5-12-9/h4-5,8H,6-7H2,1-3H3,(H,11,12). The largest absolute Gasteiger partial charge is 0.347 e. The molecule has 0 aromatic carbocycles. The average molecular weight is 227 g/mol. The Bertz CT molecular complexity index is 298. The zero-order valence-electron chi connectivity index (χ0n) is 9.36. The molecule has 0 saturated heterocycles. The summed E-state index contributed by atoms with van der Waals surface area (Å²) in [6.45, 7) is 4.72. The molecule has 4 nitrogen and oxygen atoms in total. The molecule has 0 unspecified atom stereocenters. The molecule has 1 rings (SSSR count). The van der Waals surface area contributed by atoms with Gasteiger partial charge >= 0.3 is 0 Å². The Balaban J connectivity index is 2.33. The molecule has 0 atom stereocenters. The average Bonchev–Trinajstić information content (AvgIpc) is 2.66. The topological polar surface area (TPSA) is 49.0 Å². The van der Waals surface area contributed by atoms with E-state index < -0.39 is 0 Å². The molecular weight excluding hydrogens is 210 g/mol. The summed E-state index contributed by atoms with van der Waals surface area (Å²) >= 11 is 1.66. The zero-order chi connectivity index (χ0) is 11.3. The van der Waals surface area contributed by atoms with Gasteiger partial charge in [-0.1, -0.05) is 13.8 Å². The quantitative estimate of drug-likeness (QED) is 0.829. The number of thioether (sulfide) groups is 1. The lowest BCUT2D eigenvalue weighted by atomic mass is 10.5. The molecule has 1 aromatic rings. The second-order valence-electron chi connectivity index (χ2n) is 3.65. The lowest BCUT2D eigenvalue weighted by Gasteiger charge is -2.16. The lowest BCUT2D eigenvalue weighted by Crippen LogP contribution is -2.28. The molecule has 0 aliphatic carbocycles. The van der Waals surface area contributed by atoms with Crippen LogP contribution in [0.5, 0.6) is 0 Å². The Kier molecular flexibility index (Phi) is 4.68. The van der Waals surface area contributed by atoms with Crippen molar-refractivity contribution in [3.63, 3.8) is 0 Å². The van der Waals surface area contributed by atoms with E-state index in [0.717, 1.165) is 5.82 Å². The van der Waals surface area contributed by atoms with E-state index in [2.05, 4.69) is 23.8 Å². The minimum atomic E-state index is 0.144. The molecule has 0 radical (unpaired) electrons. The highest BCUT2D eigenvalue weighted by molar-refractivity contribution is 8.00. The van der Waals surface area contributed by atoms with Gasteiger partial charge in [0.25, 0.3) is 0 Å². The van der Waals surface area contributed by atoms with Crippen LogP contribution in [0.25, 0.3) is 0 Å². The second-order valence-corrected chi connectivity index (χ2v) is 5.21. The number of carbonyl (C=O) groups is 1. The Morgan fingerprint density at radius 1 is 1.67 bits per heavy atom. The molecule has 84 valence electrons. The third-order valence-corrected chi connectivity index (χ3v) is 2.99. The van der Waals surface area contributed by atoms with Crippen molar-refractivity contribution in [3.8, 4) is 0 Å². The van der Waals surface area contributed by atoms with E-state index in [1.807, 2.05) is 0 Å². The van der Waals surface area contributed by atoms with E-state index in [0.29, 0.717) is 17.5 Å². The van der Waals surface area contributed by atoms with E-state index in [-0.39, 0.29) is 5.91 Å². The van der Waals surface area contributed by atoms with Crippen molar-refractivity contribution in [2.45, 2.75) is 25.6 Å². The molecule has 1 amide bonds. The van der Waals surface area contributed by atoms with Crippen LogP contribution in [0.2, 0.25) is 0 Å². The van der Waals surface area contributed by atoms with Gasteiger partial charge in [-0.3, -0.25) is 4.79 Å². The maximum Gasteiger partial charge on any atom is 0.232 e. The van der Waals surface area contributed by atoms with Gasteiger partial charge < -0.3 is 9.88 Å². The van der Waals surface area contributed by atoms with Gasteiger partial charge in [-0.05, 0) is 5.25 Å². The van der Waals surface area contributed by atoms with Crippen molar-refractivity contribution in [1.29, 1.82) is 0 Å². The van der Waals surface area contributed by atoms with Crippen molar-refractivity contribution in [3.05, 3.63) is 18.2 Å². The SMILES string of the molecule is CC(C)SCC(=O)N(C)Cc1ncc[nH]1. The molecule has 0 fully saturated rings. The van der Waals surface area contributed by atoms with Crippen molar-refractivity contribution in [2.75, 3.05) is 12.8 Å². The molecular formula is C10H17N3OS. The minimum Gasteiger partial charge on any atom is -0.347 e. The molecule has 15 heavy (non-hydrogen) atoms. The molecule has 0 aliphatic heterocycles. The van der Waals surface area contributed by atoms with E-state index in [4.69, 9.17) is 0 Å². The molecule has 0 aliphatic rings. The van der Waals surface area contributed by atoms with Crippen LogP contribution in [0.1, 0.15) is 19.7 Å². The summed E-state index contributed by atoms with van der Waals surface area (Å²) in [5, 5.41) is 0.492. The molecule has 0 bridgehead atoms. The van der Waals surface area contributed by atoms with Gasteiger partial charge in [0, 0.05) is 19.4 Å². The predicted molar refractivity (Wildman–Crippen MR) is 62.7 cm³/mol. The molecule has 1 N–H and O–H groups in total. The Morgan fingerprint density at radius 2 is 2.40 bits per heavy atom. The number of H-pyrrole nitrogens is 1. The number of nitrogens with zero attached hydrogens (tertiary/aromatic N) is 2. The Hall–Kier alpha value is -0.970. The summed E-state index contributed by atoms with van der Waals surface area (Å²) in [5.41, 5.74) is 0. The summed E-state index contributed by atoms with van der Waals surface area (Å²) in [6, 6.07) is 0. The van der Waals surface area contributed by atoms with E-state index in [1.165, 1.54) is 0 Å². The van der Waals surface area contributed by atoms with Crippen molar-refractivity contribution < 1.29 is 4.79 Å². The summed E-state index contributed by atoms with van der Waals surface area (Å²) < 4.78 is 0. The Morgan fingerprint density at radius 3 is 2.93 bits per heavy atom. The highest BCUT2D eigenvalue weighted by Crippen LogP contribution is 2.10. The van der Waals surface area contributed by atoms with Crippen LogP contribution in [0.15, 0.2) is 12.4 Å². The summed E-state index contributed by atoms with van der Waals surface area (Å²) in [6.07, 6.45) is 3.45. The minimum absolute atomic E-state index is 0.144. The first-order chi connectivity index (χ1) is 7.09. The maximum atomic E-state index is 11.6. The first-order valence-electron chi connectivity index (χ1n) is 4.93. The Labute approximate surface area is 94.5 Å². The number of imidazole rings is 1. The monoisotopic (exact) mass is 227 g/mol. The van der Waals surface area contributed by atoms with Crippen LogP contribution in [0, 0.1) is 0 Å². The fourth-order valence-corrected chi connectivity index (χ4v) is 1.74. The van der Waals surface area contributed by atoms with E-state index in [9.17, 15) is 4.79 Å². The number of hydrogen-bond acceptors (Lipinski definition) is 3. The van der Waals surface area contributed by atoms with Gasteiger partial charge in [-0.25, -0.2) is 4.98 Å². The number of rotatable bonds is 5. The molecule has 1 aromatic heterocycles. The fraction of sp³-hybridized carbons (Fsp3) is 0.600. The van der Waals surface area contributed by atoms with Crippen LogP contribution >= 0.6 is 11.8 Å². The van der Waals surface area contributed by atoms with Gasteiger partial charge in [0.15, 0.2) is 0 Å². The number of aromatic amines is 1. The first kappa shape index (κ1) is 12.1. The van der Waals surface area contributed by atoms with Gasteiger partial charge in [-0.2, -0.15) is 0 Å². The molecule has 1 heterocycles. The predicted octanol–water partition coefficient (Wildman–Crippen LogP) is 1.51. The fourth-order valence-electron chi connectivity index (χ4n) is 1.05. The van der Waals surface area contributed by atoms with Crippen LogP contribution in [0.3, 0.4) is 0 Å². The normalized spacial score (nSPS) is 10.7. The van der Waals surface area contributed by atoms with Crippen molar-refractivity contribution in [2.24, 2.45) is 0 Å². The number of amides is 1. The van der Waals surface area contributed by atoms with Gasteiger partial charge in [-0.15, -0.1) is 11.8 Å². The number of nitrogens with one attached hydrogen (secondary N) is 1. The smallest absolute Gasteiger partial charge is 0.232 e. The maximum absolute atomic E-state index is 11.6. The van der Waals surface area contributed by atoms with Crippen molar-refractivity contribution in [1.82, 2.24) is 14.9 Å². The van der Waals surface area contributed by atoms with Gasteiger partial charge in [0.05, 0.1) is 12.3 Å². The van der Waals surface area contributed by atoms with Crippen LogP contribution in [-0.2, 0) is 11.3 Å². The highest BCUT2D eigenvalue weighted by atomic mass is 32.2. The zero-order valence-corrected chi connectivity index (χ0v) is 10.2. The van der Waals surface area contributed by atoms with Crippen LogP contribution in [-0.4, -0.2) is 38.8 Å². The molecule has 0 saturated carbocycles. The highest BCUT2D eigenvalue weighted by Gasteiger charge is 2.10. The molecule has 5 heteroatoms. The van der Waals surface area contributed by atoms with E-state index in [1.54, 1.807) is 36.1 Å². The summed E-state index contributed by atoms with van der Waals surface area (Å²) in [5.74, 6) is 1.50. The molecule has 0 spiro atoms. The van der Waals surface area contributed by atoms with Gasteiger partial charge in [0.2, 0.25) is 5.91 Å². The summed E-state index contributed by atoms with van der Waals surface area (Å²) in [4.78, 5) is 20.4. The van der Waals surface area contributed by atoms with Crippen LogP contribution < -0.4 is 0 Å². The number of hydrogen-bond donors (Lipinski definition) is 1. The third-order valence-electron chi connectivity index (χ3n) is 1.91. The lowest BCUT2D eigenvalue weighted by molar-refractivity contribution is -0.127. The second kappa shape index (κ2) is 5.80. The first-order valence-corrected chi connectivity index (χ1v) is 5.98. The van der Waals surface area contributed by atoms with E-state index >= 15 is 0 Å². The number of carbonyl (C=O) groups excluding carboxylic acids is 1.